The van der Waals surface area contributed by atoms with E-state index in [9.17, 15) is 17.6 Å². The van der Waals surface area contributed by atoms with E-state index in [-0.39, 0.29) is 16.8 Å². The van der Waals surface area contributed by atoms with Gasteiger partial charge >= 0.3 is 0 Å². The highest BCUT2D eigenvalue weighted by atomic mass is 32.2. The summed E-state index contributed by atoms with van der Waals surface area (Å²) in [5, 5.41) is -0.397. The van der Waals surface area contributed by atoms with E-state index >= 15 is 0 Å². The monoisotopic (exact) mass is 432 g/mol. The van der Waals surface area contributed by atoms with Gasteiger partial charge in [0.2, 0.25) is 10.0 Å². The number of benzene rings is 1. The molecule has 0 atom stereocenters. The highest BCUT2D eigenvalue weighted by Gasteiger charge is 2.35. The summed E-state index contributed by atoms with van der Waals surface area (Å²) in [5.74, 6) is -0.328. The number of aromatic nitrogens is 1. The van der Waals surface area contributed by atoms with Crippen LogP contribution in [0.15, 0.2) is 52.5 Å². The summed E-state index contributed by atoms with van der Waals surface area (Å²) in [7, 11) is -3.47. The fourth-order valence-corrected chi connectivity index (χ4v) is 4.30. The number of rotatable bonds is 8. The van der Waals surface area contributed by atoms with E-state index in [1.807, 2.05) is 13.8 Å². The van der Waals surface area contributed by atoms with Crippen molar-refractivity contribution in [3.8, 4) is 0 Å². The Morgan fingerprint density at radius 1 is 1.33 bits per heavy atom. The standard InChI is InChI=1S/C21H25FN4O3S/c1-14(2)12-26-13-17(4-8-21(26)27)24-11-15(10-23)19-7-3-16(9-20(19)22)25-30(28,29)18-5-6-18/h3-4,7-11,13-14,18,25H,5-6,12,23H2,1-2H3. The lowest BCUT2D eigenvalue weighted by molar-refractivity contribution is 0.511. The third kappa shape index (κ3) is 5.35. The number of nitrogens with two attached hydrogens (primary N) is 1. The van der Waals surface area contributed by atoms with E-state index in [2.05, 4.69) is 9.71 Å². The Hall–Kier alpha value is -2.94. The number of anilines is 1. The van der Waals surface area contributed by atoms with E-state index < -0.39 is 21.1 Å². The van der Waals surface area contributed by atoms with Gasteiger partial charge in [0, 0.05) is 42.4 Å². The summed E-state index contributed by atoms with van der Waals surface area (Å²) in [6.07, 6.45) is 5.51. The van der Waals surface area contributed by atoms with Crippen molar-refractivity contribution in [3.63, 3.8) is 0 Å². The molecule has 9 heteroatoms. The Labute approximate surface area is 175 Å². The van der Waals surface area contributed by atoms with E-state index in [1.165, 1.54) is 30.6 Å². The van der Waals surface area contributed by atoms with Crippen LogP contribution in [0.2, 0.25) is 0 Å². The maximum atomic E-state index is 14.6. The van der Waals surface area contributed by atoms with Crippen molar-refractivity contribution in [1.82, 2.24) is 4.57 Å². The zero-order valence-corrected chi connectivity index (χ0v) is 17.7. The van der Waals surface area contributed by atoms with Gasteiger partial charge in [0.25, 0.3) is 5.56 Å². The van der Waals surface area contributed by atoms with Gasteiger partial charge in [0.1, 0.15) is 5.82 Å². The van der Waals surface area contributed by atoms with Crippen molar-refractivity contribution in [2.45, 2.75) is 38.5 Å². The summed E-state index contributed by atoms with van der Waals surface area (Å²) >= 11 is 0. The minimum Gasteiger partial charge on any atom is -0.404 e. The molecule has 160 valence electrons. The predicted octanol–water partition coefficient (Wildman–Crippen LogP) is 3.25. The molecule has 0 bridgehead atoms. The highest BCUT2D eigenvalue weighted by molar-refractivity contribution is 7.93. The normalized spacial score (nSPS) is 15.1. The Bertz CT molecular complexity index is 1150. The lowest BCUT2D eigenvalue weighted by Crippen LogP contribution is -2.20. The van der Waals surface area contributed by atoms with E-state index in [1.54, 1.807) is 16.8 Å². The molecule has 30 heavy (non-hydrogen) atoms. The Morgan fingerprint density at radius 3 is 2.67 bits per heavy atom. The third-order valence-corrected chi connectivity index (χ3v) is 6.43. The SMILES string of the molecule is CC(C)Cn1cc(N=CC(=CN)c2ccc(NS(=O)(=O)C3CC3)cc2F)ccc1=O. The fourth-order valence-electron chi connectivity index (χ4n) is 2.92. The van der Waals surface area contributed by atoms with E-state index in [0.717, 1.165) is 6.07 Å². The fraction of sp³-hybridized carbons (Fsp3) is 0.333. The zero-order valence-electron chi connectivity index (χ0n) is 16.9. The molecule has 0 amide bonds. The van der Waals surface area contributed by atoms with Gasteiger partial charge in [-0.25, -0.2) is 12.8 Å². The number of hydrogen-bond donors (Lipinski definition) is 2. The van der Waals surface area contributed by atoms with Gasteiger partial charge < -0.3 is 10.3 Å². The van der Waals surface area contributed by atoms with Crippen molar-refractivity contribution in [1.29, 1.82) is 0 Å². The number of aliphatic imine (C=N–C) groups is 1. The smallest absolute Gasteiger partial charge is 0.250 e. The first-order valence-electron chi connectivity index (χ1n) is 9.67. The van der Waals surface area contributed by atoms with Crippen molar-refractivity contribution in [3.05, 3.63) is 64.5 Å². The number of halogens is 1. The molecule has 2 aromatic rings. The van der Waals surface area contributed by atoms with Crippen molar-refractivity contribution >= 4 is 33.2 Å². The number of nitrogens with one attached hydrogen (secondary N) is 1. The second-order valence-electron chi connectivity index (χ2n) is 7.69. The number of allylic oxidation sites excluding steroid dienone is 1. The van der Waals surface area contributed by atoms with Crippen LogP contribution in [0, 0.1) is 11.7 Å². The summed E-state index contributed by atoms with van der Waals surface area (Å²) in [6.45, 7) is 4.58. The molecule has 1 aliphatic carbocycles. The second kappa shape index (κ2) is 8.83. The average Bonchev–Trinajstić information content (AvgIpc) is 3.51. The van der Waals surface area contributed by atoms with Crippen LogP contribution in [0.5, 0.6) is 0 Å². The molecular weight excluding hydrogens is 407 g/mol. The largest absolute Gasteiger partial charge is 0.404 e. The number of pyridine rings is 1. The van der Waals surface area contributed by atoms with Crippen LogP contribution in [-0.4, -0.2) is 24.4 Å². The first kappa shape index (κ1) is 21.8. The Kier molecular flexibility index (Phi) is 6.40. The number of hydrogen-bond acceptors (Lipinski definition) is 5. The van der Waals surface area contributed by atoms with Crippen molar-refractivity contribution in [2.75, 3.05) is 4.72 Å². The van der Waals surface area contributed by atoms with Crippen molar-refractivity contribution in [2.24, 2.45) is 16.6 Å². The lowest BCUT2D eigenvalue weighted by Gasteiger charge is -2.10. The minimum absolute atomic E-state index is 0.118. The molecule has 1 saturated carbocycles. The predicted molar refractivity (Wildman–Crippen MR) is 118 cm³/mol. The minimum atomic E-state index is -3.47. The van der Waals surface area contributed by atoms with Crippen LogP contribution in [0.4, 0.5) is 15.8 Å². The number of nitrogens with zero attached hydrogens (tertiary/aromatic N) is 2. The molecule has 1 aromatic heterocycles. The summed E-state index contributed by atoms with van der Waals surface area (Å²) in [5.41, 5.74) is 6.75. The average molecular weight is 433 g/mol. The topological polar surface area (TPSA) is 107 Å². The van der Waals surface area contributed by atoms with Gasteiger partial charge in [-0.2, -0.15) is 0 Å². The molecule has 1 heterocycles. The Morgan fingerprint density at radius 2 is 2.07 bits per heavy atom. The van der Waals surface area contributed by atoms with E-state index in [0.29, 0.717) is 36.6 Å². The summed E-state index contributed by atoms with van der Waals surface area (Å²) < 4.78 is 42.6. The Balaban J connectivity index is 1.80. The molecule has 0 radical (unpaired) electrons. The van der Waals surface area contributed by atoms with Gasteiger partial charge in [-0.3, -0.25) is 14.5 Å². The van der Waals surface area contributed by atoms with Gasteiger partial charge in [0.05, 0.1) is 16.6 Å². The summed E-state index contributed by atoms with van der Waals surface area (Å²) in [6, 6.07) is 7.07. The number of sulfonamides is 1. The molecular formula is C21H25FN4O3S. The molecule has 1 aromatic carbocycles. The second-order valence-corrected chi connectivity index (χ2v) is 9.65. The van der Waals surface area contributed by atoms with Crippen LogP contribution in [-0.2, 0) is 16.6 Å². The molecule has 0 spiro atoms. The highest BCUT2D eigenvalue weighted by Crippen LogP contribution is 2.30. The summed E-state index contributed by atoms with van der Waals surface area (Å²) in [4.78, 5) is 16.2. The molecule has 1 fully saturated rings. The van der Waals surface area contributed by atoms with Crippen LogP contribution in [0.25, 0.3) is 5.57 Å². The lowest BCUT2D eigenvalue weighted by atomic mass is 10.1. The van der Waals surface area contributed by atoms with Crippen molar-refractivity contribution < 1.29 is 12.8 Å². The van der Waals surface area contributed by atoms with Gasteiger partial charge in [-0.1, -0.05) is 13.8 Å². The zero-order chi connectivity index (χ0) is 21.9. The molecule has 7 nitrogen and oxygen atoms in total. The van der Waals surface area contributed by atoms with Gasteiger partial charge in [-0.15, -0.1) is 0 Å². The molecule has 0 saturated heterocycles. The maximum Gasteiger partial charge on any atom is 0.250 e. The molecule has 0 unspecified atom stereocenters. The van der Waals surface area contributed by atoms with Crippen LogP contribution in [0.3, 0.4) is 0 Å². The molecule has 3 rings (SSSR count). The van der Waals surface area contributed by atoms with Crippen LogP contribution >= 0.6 is 0 Å². The van der Waals surface area contributed by atoms with Gasteiger partial charge in [-0.05, 0) is 43.0 Å². The molecule has 1 aliphatic rings. The van der Waals surface area contributed by atoms with Gasteiger partial charge in [0.15, 0.2) is 0 Å². The molecule has 0 aliphatic heterocycles. The first-order valence-corrected chi connectivity index (χ1v) is 11.2. The first-order chi connectivity index (χ1) is 14.2. The maximum absolute atomic E-state index is 14.6. The molecule has 3 N–H and O–H groups in total. The van der Waals surface area contributed by atoms with Crippen LogP contribution < -0.4 is 16.0 Å². The van der Waals surface area contributed by atoms with Crippen LogP contribution in [0.1, 0.15) is 32.3 Å². The van der Waals surface area contributed by atoms with E-state index in [4.69, 9.17) is 5.73 Å². The third-order valence-electron chi connectivity index (χ3n) is 4.57. The quantitative estimate of drug-likeness (QED) is 0.625.